The van der Waals surface area contributed by atoms with E-state index < -0.39 is 23.1 Å². The van der Waals surface area contributed by atoms with Crippen LogP contribution in [0, 0.1) is 34.3 Å². The lowest BCUT2D eigenvalue weighted by Gasteiger charge is -2.16. The molecule has 0 unspecified atom stereocenters. The number of carbonyl (C=O) groups is 1. The molecule has 1 aromatic carbocycles. The third-order valence-electron chi connectivity index (χ3n) is 2.13. The Labute approximate surface area is 102 Å². The summed E-state index contributed by atoms with van der Waals surface area (Å²) in [6.45, 7) is -0.744. The SMILES string of the molecule is N#CCN(CC#N)C(=O)c1cc(N)c(F)cc1F. The van der Waals surface area contributed by atoms with Crippen molar-refractivity contribution in [3.05, 3.63) is 29.3 Å². The molecule has 1 rings (SSSR count). The number of nitrogen functional groups attached to an aromatic ring is 1. The van der Waals surface area contributed by atoms with Crippen LogP contribution in [-0.2, 0) is 0 Å². The maximum absolute atomic E-state index is 13.4. The van der Waals surface area contributed by atoms with Gasteiger partial charge in [0.25, 0.3) is 5.91 Å². The number of amides is 1. The van der Waals surface area contributed by atoms with Gasteiger partial charge in [-0.3, -0.25) is 4.79 Å². The molecule has 1 aromatic rings. The lowest BCUT2D eigenvalue weighted by molar-refractivity contribution is 0.0790. The summed E-state index contributed by atoms with van der Waals surface area (Å²) in [6, 6.07) is 4.68. The zero-order valence-electron chi connectivity index (χ0n) is 9.15. The van der Waals surface area contributed by atoms with Gasteiger partial charge in [-0.25, -0.2) is 8.78 Å². The average molecular weight is 250 g/mol. The van der Waals surface area contributed by atoms with E-state index in [1.54, 1.807) is 12.1 Å². The Morgan fingerprint density at radius 1 is 1.22 bits per heavy atom. The average Bonchev–Trinajstić information content (AvgIpc) is 2.33. The van der Waals surface area contributed by atoms with E-state index >= 15 is 0 Å². The van der Waals surface area contributed by atoms with Gasteiger partial charge in [0.1, 0.15) is 24.7 Å². The van der Waals surface area contributed by atoms with E-state index in [4.69, 9.17) is 16.3 Å². The second-order valence-electron chi connectivity index (χ2n) is 3.33. The molecule has 18 heavy (non-hydrogen) atoms. The number of hydrogen-bond acceptors (Lipinski definition) is 4. The molecule has 0 atom stereocenters. The summed E-state index contributed by atoms with van der Waals surface area (Å²) in [5.74, 6) is -2.95. The van der Waals surface area contributed by atoms with Crippen LogP contribution >= 0.6 is 0 Å². The first-order chi connectivity index (χ1) is 8.51. The number of hydrogen-bond donors (Lipinski definition) is 1. The van der Waals surface area contributed by atoms with Gasteiger partial charge < -0.3 is 10.6 Å². The summed E-state index contributed by atoms with van der Waals surface area (Å²) >= 11 is 0. The Balaban J connectivity index is 3.14. The first-order valence-corrected chi connectivity index (χ1v) is 4.79. The summed E-state index contributed by atoms with van der Waals surface area (Å²) in [7, 11) is 0. The number of halogens is 2. The summed E-state index contributed by atoms with van der Waals surface area (Å²) in [5, 5.41) is 17.0. The zero-order chi connectivity index (χ0) is 13.7. The van der Waals surface area contributed by atoms with E-state index in [0.717, 1.165) is 11.0 Å². The molecule has 7 heteroatoms. The van der Waals surface area contributed by atoms with Gasteiger partial charge >= 0.3 is 0 Å². The highest BCUT2D eigenvalue weighted by Crippen LogP contribution is 2.18. The van der Waals surface area contributed by atoms with Gasteiger partial charge in [-0.2, -0.15) is 10.5 Å². The second kappa shape index (κ2) is 5.60. The fourth-order valence-corrected chi connectivity index (χ4v) is 1.27. The molecule has 0 aliphatic rings. The molecule has 0 bridgehead atoms. The lowest BCUT2D eigenvalue weighted by atomic mass is 10.1. The van der Waals surface area contributed by atoms with Gasteiger partial charge in [-0.1, -0.05) is 0 Å². The van der Waals surface area contributed by atoms with Gasteiger partial charge in [-0.15, -0.1) is 0 Å². The molecular weight excluding hydrogens is 242 g/mol. The normalized spacial score (nSPS) is 9.33. The van der Waals surface area contributed by atoms with Gasteiger partial charge in [-0.05, 0) is 6.07 Å². The fraction of sp³-hybridized carbons (Fsp3) is 0.182. The quantitative estimate of drug-likeness (QED) is 0.640. The molecule has 0 saturated carbocycles. The van der Waals surface area contributed by atoms with Crippen LogP contribution in [0.1, 0.15) is 10.4 Å². The summed E-state index contributed by atoms with van der Waals surface area (Å²) in [6.07, 6.45) is 0. The van der Waals surface area contributed by atoms with Gasteiger partial charge in [0.2, 0.25) is 0 Å². The summed E-state index contributed by atoms with van der Waals surface area (Å²) in [5.41, 5.74) is 4.38. The van der Waals surface area contributed by atoms with E-state index in [2.05, 4.69) is 0 Å². The maximum atomic E-state index is 13.4. The number of benzene rings is 1. The number of carbonyl (C=O) groups excluding carboxylic acids is 1. The topological polar surface area (TPSA) is 93.9 Å². The molecule has 0 heterocycles. The number of nitrogens with zero attached hydrogens (tertiary/aromatic N) is 3. The molecule has 1 amide bonds. The molecule has 92 valence electrons. The minimum atomic E-state index is -1.09. The van der Waals surface area contributed by atoms with Crippen LogP contribution in [0.3, 0.4) is 0 Å². The Hall–Kier alpha value is -2.67. The van der Waals surface area contributed by atoms with Crippen molar-refractivity contribution in [3.8, 4) is 12.1 Å². The Morgan fingerprint density at radius 3 is 2.28 bits per heavy atom. The van der Waals surface area contributed by atoms with Crippen LogP contribution in [0.2, 0.25) is 0 Å². The van der Waals surface area contributed by atoms with E-state index in [1.807, 2.05) is 0 Å². The van der Waals surface area contributed by atoms with Gasteiger partial charge in [0, 0.05) is 6.07 Å². The number of nitriles is 2. The van der Waals surface area contributed by atoms with Crippen molar-refractivity contribution in [2.75, 3.05) is 18.8 Å². The van der Waals surface area contributed by atoms with Crippen molar-refractivity contribution in [3.63, 3.8) is 0 Å². The minimum absolute atomic E-state index is 0.372. The molecule has 2 N–H and O–H groups in total. The number of anilines is 1. The third kappa shape index (κ3) is 2.71. The molecular formula is C11H8F2N4O. The summed E-state index contributed by atoms with van der Waals surface area (Å²) < 4.78 is 26.3. The minimum Gasteiger partial charge on any atom is -0.396 e. The molecule has 0 aliphatic carbocycles. The molecule has 0 aromatic heterocycles. The first-order valence-electron chi connectivity index (χ1n) is 4.79. The Morgan fingerprint density at radius 2 is 1.78 bits per heavy atom. The van der Waals surface area contributed by atoms with Crippen LogP contribution in [0.5, 0.6) is 0 Å². The van der Waals surface area contributed by atoms with Crippen molar-refractivity contribution in [2.24, 2.45) is 0 Å². The molecule has 5 nitrogen and oxygen atoms in total. The van der Waals surface area contributed by atoms with Crippen LogP contribution in [0.15, 0.2) is 12.1 Å². The molecule has 0 spiro atoms. The second-order valence-corrected chi connectivity index (χ2v) is 3.33. The number of nitrogens with two attached hydrogens (primary N) is 1. The smallest absolute Gasteiger partial charge is 0.258 e. The molecule has 0 aliphatic heterocycles. The predicted octanol–water partition coefficient (Wildman–Crippen LogP) is 1.04. The largest absolute Gasteiger partial charge is 0.396 e. The Kier molecular flexibility index (Phi) is 4.16. The monoisotopic (exact) mass is 250 g/mol. The lowest BCUT2D eigenvalue weighted by Crippen LogP contribution is -2.32. The zero-order valence-corrected chi connectivity index (χ0v) is 9.15. The van der Waals surface area contributed by atoms with Crippen LogP contribution < -0.4 is 5.73 Å². The van der Waals surface area contributed by atoms with Crippen molar-refractivity contribution in [1.29, 1.82) is 10.5 Å². The van der Waals surface area contributed by atoms with Crippen LogP contribution in [0.4, 0.5) is 14.5 Å². The van der Waals surface area contributed by atoms with Crippen molar-refractivity contribution in [1.82, 2.24) is 4.90 Å². The summed E-state index contributed by atoms with van der Waals surface area (Å²) in [4.78, 5) is 12.6. The molecule has 0 saturated heterocycles. The number of rotatable bonds is 3. The highest BCUT2D eigenvalue weighted by molar-refractivity contribution is 5.95. The predicted molar refractivity (Wildman–Crippen MR) is 57.9 cm³/mol. The van der Waals surface area contributed by atoms with Gasteiger partial charge in [0.15, 0.2) is 0 Å². The first kappa shape index (κ1) is 13.4. The van der Waals surface area contributed by atoms with E-state index in [1.165, 1.54) is 0 Å². The Bertz CT molecular complexity index is 543. The fourth-order valence-electron chi connectivity index (χ4n) is 1.27. The highest BCUT2D eigenvalue weighted by atomic mass is 19.1. The van der Waals surface area contributed by atoms with Crippen LogP contribution in [-0.4, -0.2) is 23.9 Å². The molecule has 0 radical (unpaired) electrons. The maximum Gasteiger partial charge on any atom is 0.258 e. The van der Waals surface area contributed by atoms with E-state index in [9.17, 15) is 13.6 Å². The van der Waals surface area contributed by atoms with Crippen molar-refractivity contribution >= 4 is 11.6 Å². The highest BCUT2D eigenvalue weighted by Gasteiger charge is 2.20. The van der Waals surface area contributed by atoms with E-state index in [0.29, 0.717) is 6.07 Å². The van der Waals surface area contributed by atoms with E-state index in [-0.39, 0.29) is 18.8 Å². The molecule has 0 fully saturated rings. The third-order valence-corrected chi connectivity index (χ3v) is 2.13. The van der Waals surface area contributed by atoms with Crippen molar-refractivity contribution < 1.29 is 13.6 Å². The van der Waals surface area contributed by atoms with Crippen LogP contribution in [0.25, 0.3) is 0 Å². The van der Waals surface area contributed by atoms with Gasteiger partial charge in [0.05, 0.1) is 23.4 Å². The van der Waals surface area contributed by atoms with Crippen molar-refractivity contribution in [2.45, 2.75) is 0 Å². The standard InChI is InChI=1S/C11H8F2N4O/c12-8-6-9(13)10(16)5-7(8)11(18)17(3-1-14)4-2-15/h5-6H,3-4,16H2.